The number of carbonyl (C=O) groups excluding carboxylic acids is 2. The molecular formula is C23H29ClN2O2. The van der Waals surface area contributed by atoms with Gasteiger partial charge in [0.2, 0.25) is 11.8 Å². The van der Waals surface area contributed by atoms with Gasteiger partial charge in [0.25, 0.3) is 0 Å². The van der Waals surface area contributed by atoms with Crippen LogP contribution in [0, 0.1) is 6.92 Å². The first-order valence-corrected chi connectivity index (χ1v) is 10.2. The summed E-state index contributed by atoms with van der Waals surface area (Å²) in [6, 6.07) is 14.8. The smallest absolute Gasteiger partial charge is 0.242 e. The zero-order valence-electron chi connectivity index (χ0n) is 16.9. The molecule has 1 atom stereocenters. The van der Waals surface area contributed by atoms with Crippen molar-refractivity contribution in [3.63, 3.8) is 0 Å². The highest BCUT2D eigenvalue weighted by Gasteiger charge is 2.28. The van der Waals surface area contributed by atoms with E-state index in [0.29, 0.717) is 24.5 Å². The van der Waals surface area contributed by atoms with E-state index in [4.69, 9.17) is 11.6 Å². The molecule has 2 amide bonds. The average Bonchev–Trinajstić information content (AvgIpc) is 2.67. The molecule has 5 heteroatoms. The molecule has 0 aliphatic rings. The minimum absolute atomic E-state index is 0.0796. The van der Waals surface area contributed by atoms with Crippen LogP contribution in [0.2, 0.25) is 5.02 Å². The van der Waals surface area contributed by atoms with Gasteiger partial charge < -0.3 is 10.2 Å². The Hall–Kier alpha value is -2.33. The molecule has 0 aliphatic heterocycles. The Kier molecular flexibility index (Phi) is 8.52. The number of amides is 2. The first-order chi connectivity index (χ1) is 13.5. The highest BCUT2D eigenvalue weighted by atomic mass is 35.5. The summed E-state index contributed by atoms with van der Waals surface area (Å²) >= 11 is 6.07. The van der Waals surface area contributed by atoms with Crippen molar-refractivity contribution in [1.29, 1.82) is 0 Å². The van der Waals surface area contributed by atoms with Crippen molar-refractivity contribution in [2.24, 2.45) is 0 Å². The van der Waals surface area contributed by atoms with Crippen LogP contribution in [0.15, 0.2) is 48.5 Å². The summed E-state index contributed by atoms with van der Waals surface area (Å²) in [7, 11) is 0. The molecule has 0 fully saturated rings. The fourth-order valence-electron chi connectivity index (χ4n) is 3.18. The monoisotopic (exact) mass is 400 g/mol. The lowest BCUT2D eigenvalue weighted by Crippen LogP contribution is -2.49. The van der Waals surface area contributed by atoms with Gasteiger partial charge in [-0.3, -0.25) is 9.59 Å². The third-order valence-electron chi connectivity index (χ3n) is 4.78. The van der Waals surface area contributed by atoms with Gasteiger partial charge in [-0.15, -0.1) is 0 Å². The van der Waals surface area contributed by atoms with E-state index >= 15 is 0 Å². The fraction of sp³-hybridized carbons (Fsp3) is 0.391. The molecule has 0 saturated carbocycles. The summed E-state index contributed by atoms with van der Waals surface area (Å²) in [6.07, 6.45) is 1.63. The van der Waals surface area contributed by atoms with Crippen LogP contribution in [0.1, 0.15) is 43.4 Å². The van der Waals surface area contributed by atoms with Crippen LogP contribution in [0.3, 0.4) is 0 Å². The minimum Gasteiger partial charge on any atom is -0.354 e. The van der Waals surface area contributed by atoms with Crippen molar-refractivity contribution in [2.45, 2.75) is 52.6 Å². The molecule has 4 nitrogen and oxygen atoms in total. The Morgan fingerprint density at radius 2 is 1.86 bits per heavy atom. The summed E-state index contributed by atoms with van der Waals surface area (Å²) in [5.41, 5.74) is 2.99. The average molecular weight is 401 g/mol. The summed E-state index contributed by atoms with van der Waals surface area (Å²) in [5, 5.41) is 3.54. The molecule has 2 aromatic rings. The molecule has 0 aromatic heterocycles. The first kappa shape index (κ1) is 22.0. The number of nitrogens with zero attached hydrogens (tertiary/aromatic N) is 1. The number of rotatable bonds is 9. The maximum absolute atomic E-state index is 13.2. The topological polar surface area (TPSA) is 49.4 Å². The van der Waals surface area contributed by atoms with Gasteiger partial charge in [0.1, 0.15) is 6.04 Å². The third kappa shape index (κ3) is 6.10. The van der Waals surface area contributed by atoms with E-state index in [0.717, 1.165) is 23.1 Å². The molecule has 0 aliphatic carbocycles. The SMILES string of the molecule is CCCNC(=O)[C@@H](CC)N(Cc1ccccc1C)C(=O)Cc1cccc(Cl)c1. The highest BCUT2D eigenvalue weighted by Crippen LogP contribution is 2.18. The van der Waals surface area contributed by atoms with Crippen LogP contribution >= 0.6 is 11.6 Å². The largest absolute Gasteiger partial charge is 0.354 e. The van der Waals surface area contributed by atoms with E-state index in [-0.39, 0.29) is 18.2 Å². The standard InChI is InChI=1S/C23H29ClN2O2/c1-4-13-25-23(28)21(5-2)26(16-19-11-7-6-9-17(19)3)22(27)15-18-10-8-12-20(24)14-18/h6-12,14,21H,4-5,13,15-16H2,1-3H3,(H,25,28)/t21-/m1/s1. The van der Waals surface area contributed by atoms with E-state index in [2.05, 4.69) is 5.32 Å². The number of hydrogen-bond acceptors (Lipinski definition) is 2. The number of benzene rings is 2. The van der Waals surface area contributed by atoms with E-state index in [1.807, 2.05) is 57.2 Å². The van der Waals surface area contributed by atoms with Crippen LogP contribution in [0.4, 0.5) is 0 Å². The van der Waals surface area contributed by atoms with Crippen LogP contribution in [0.5, 0.6) is 0 Å². The lowest BCUT2D eigenvalue weighted by atomic mass is 10.0. The Labute approximate surface area is 172 Å². The van der Waals surface area contributed by atoms with Gasteiger partial charge in [0, 0.05) is 18.1 Å². The zero-order chi connectivity index (χ0) is 20.5. The number of halogens is 1. The van der Waals surface area contributed by atoms with E-state index in [9.17, 15) is 9.59 Å². The van der Waals surface area contributed by atoms with Gasteiger partial charge in [-0.05, 0) is 48.6 Å². The van der Waals surface area contributed by atoms with Crippen molar-refractivity contribution in [2.75, 3.05) is 6.54 Å². The van der Waals surface area contributed by atoms with Crippen LogP contribution in [-0.2, 0) is 22.6 Å². The molecule has 28 heavy (non-hydrogen) atoms. The predicted octanol–water partition coefficient (Wildman–Crippen LogP) is 4.52. The van der Waals surface area contributed by atoms with Crippen LogP contribution in [-0.4, -0.2) is 29.3 Å². The molecule has 0 spiro atoms. The summed E-state index contributed by atoms with van der Waals surface area (Å²) in [5.74, 6) is -0.179. The van der Waals surface area contributed by atoms with Crippen molar-refractivity contribution < 1.29 is 9.59 Å². The van der Waals surface area contributed by atoms with Gasteiger partial charge in [0.05, 0.1) is 6.42 Å². The Bertz CT molecular complexity index is 807. The maximum atomic E-state index is 13.2. The second kappa shape index (κ2) is 10.9. The second-order valence-corrected chi connectivity index (χ2v) is 7.41. The Balaban J connectivity index is 2.29. The molecule has 1 N–H and O–H groups in total. The lowest BCUT2D eigenvalue weighted by Gasteiger charge is -2.31. The molecule has 0 unspecified atom stereocenters. The van der Waals surface area contributed by atoms with Gasteiger partial charge in [-0.25, -0.2) is 0 Å². The summed E-state index contributed by atoms with van der Waals surface area (Å²) < 4.78 is 0. The highest BCUT2D eigenvalue weighted by molar-refractivity contribution is 6.30. The fourth-order valence-corrected chi connectivity index (χ4v) is 3.39. The van der Waals surface area contributed by atoms with Crippen molar-refractivity contribution in [3.05, 3.63) is 70.2 Å². The predicted molar refractivity (Wildman–Crippen MR) is 114 cm³/mol. The van der Waals surface area contributed by atoms with E-state index < -0.39 is 6.04 Å². The molecule has 0 saturated heterocycles. The molecule has 2 aromatic carbocycles. The van der Waals surface area contributed by atoms with E-state index in [1.165, 1.54) is 0 Å². The number of nitrogens with one attached hydrogen (secondary N) is 1. The molecular weight excluding hydrogens is 372 g/mol. The molecule has 0 bridgehead atoms. The quantitative estimate of drug-likeness (QED) is 0.672. The zero-order valence-corrected chi connectivity index (χ0v) is 17.6. The maximum Gasteiger partial charge on any atom is 0.242 e. The Morgan fingerprint density at radius 1 is 1.11 bits per heavy atom. The molecule has 0 heterocycles. The van der Waals surface area contributed by atoms with Gasteiger partial charge in [-0.1, -0.05) is 61.8 Å². The third-order valence-corrected chi connectivity index (χ3v) is 5.02. The summed E-state index contributed by atoms with van der Waals surface area (Å²) in [6.45, 7) is 6.98. The summed E-state index contributed by atoms with van der Waals surface area (Å²) in [4.78, 5) is 27.7. The van der Waals surface area contributed by atoms with Crippen LogP contribution in [0.25, 0.3) is 0 Å². The Morgan fingerprint density at radius 3 is 2.50 bits per heavy atom. The van der Waals surface area contributed by atoms with Crippen molar-refractivity contribution in [1.82, 2.24) is 10.2 Å². The number of carbonyl (C=O) groups is 2. The lowest BCUT2D eigenvalue weighted by molar-refractivity contribution is -0.140. The number of aryl methyl sites for hydroxylation is 1. The normalized spacial score (nSPS) is 11.7. The molecule has 0 radical (unpaired) electrons. The van der Waals surface area contributed by atoms with Gasteiger partial charge in [-0.2, -0.15) is 0 Å². The first-order valence-electron chi connectivity index (χ1n) is 9.82. The van der Waals surface area contributed by atoms with Gasteiger partial charge in [0.15, 0.2) is 0 Å². The van der Waals surface area contributed by atoms with Crippen LogP contribution < -0.4 is 5.32 Å². The number of hydrogen-bond donors (Lipinski definition) is 1. The second-order valence-electron chi connectivity index (χ2n) is 6.97. The minimum atomic E-state index is -0.502. The van der Waals surface area contributed by atoms with Gasteiger partial charge >= 0.3 is 0 Å². The van der Waals surface area contributed by atoms with Crippen molar-refractivity contribution in [3.8, 4) is 0 Å². The van der Waals surface area contributed by atoms with Crippen molar-refractivity contribution >= 4 is 23.4 Å². The van der Waals surface area contributed by atoms with E-state index in [1.54, 1.807) is 17.0 Å². The molecule has 2 rings (SSSR count). The molecule has 150 valence electrons.